The van der Waals surface area contributed by atoms with Gasteiger partial charge in [0.1, 0.15) is 0 Å². The zero-order valence-electron chi connectivity index (χ0n) is 18.6. The minimum atomic E-state index is -0.190. The maximum absolute atomic E-state index is 13.3. The fourth-order valence-corrected chi connectivity index (χ4v) is 4.70. The highest BCUT2D eigenvalue weighted by Crippen LogP contribution is 2.41. The SMILES string of the molecule is Cc1cc(C(=O)N2CCN(C)CC2)c(/C=C2\C(=O)Nc3cccc(-c4cccc(Cl)c4)c32)[nH]1. The fraction of sp³-hybridized carbons (Fsp3) is 0.231. The third-order valence-electron chi connectivity index (χ3n) is 6.25. The molecular weight excluding hydrogens is 436 g/mol. The molecular formula is C26H25ClN4O2. The Labute approximate surface area is 197 Å². The summed E-state index contributed by atoms with van der Waals surface area (Å²) < 4.78 is 0. The van der Waals surface area contributed by atoms with E-state index >= 15 is 0 Å². The second kappa shape index (κ2) is 8.54. The molecule has 1 fully saturated rings. The number of aryl methyl sites for hydroxylation is 1. The minimum absolute atomic E-state index is 0.0129. The zero-order valence-corrected chi connectivity index (χ0v) is 19.4. The Balaban J connectivity index is 1.58. The van der Waals surface area contributed by atoms with Gasteiger partial charge in [0.15, 0.2) is 0 Å². The van der Waals surface area contributed by atoms with Crippen LogP contribution >= 0.6 is 11.6 Å². The molecule has 2 N–H and O–H groups in total. The van der Waals surface area contributed by atoms with Crippen LogP contribution in [0.5, 0.6) is 0 Å². The van der Waals surface area contributed by atoms with Crippen molar-refractivity contribution in [1.82, 2.24) is 14.8 Å². The molecule has 3 aromatic rings. The predicted molar refractivity (Wildman–Crippen MR) is 132 cm³/mol. The average Bonchev–Trinajstić information content (AvgIpc) is 3.33. The van der Waals surface area contributed by atoms with Crippen molar-refractivity contribution in [3.8, 4) is 11.1 Å². The van der Waals surface area contributed by atoms with E-state index in [2.05, 4.69) is 22.2 Å². The van der Waals surface area contributed by atoms with Crippen molar-refractivity contribution in [3.63, 3.8) is 0 Å². The number of likely N-dealkylation sites (N-methyl/N-ethyl adjacent to an activating group) is 1. The number of piperazine rings is 1. The van der Waals surface area contributed by atoms with E-state index in [1.807, 2.05) is 60.4 Å². The lowest BCUT2D eigenvalue weighted by Gasteiger charge is -2.32. The summed E-state index contributed by atoms with van der Waals surface area (Å²) in [6.45, 7) is 5.01. The monoisotopic (exact) mass is 460 g/mol. The molecule has 0 spiro atoms. The molecule has 0 saturated carbocycles. The van der Waals surface area contributed by atoms with Crippen molar-refractivity contribution in [2.45, 2.75) is 6.92 Å². The van der Waals surface area contributed by atoms with Crippen LogP contribution in [0.1, 0.15) is 27.3 Å². The average molecular weight is 461 g/mol. The molecule has 2 amide bonds. The molecule has 2 aliphatic heterocycles. The van der Waals surface area contributed by atoms with Gasteiger partial charge >= 0.3 is 0 Å². The normalized spacial score (nSPS) is 17.4. The van der Waals surface area contributed by atoms with Crippen LogP contribution in [-0.2, 0) is 4.79 Å². The van der Waals surface area contributed by atoms with Crippen LogP contribution < -0.4 is 5.32 Å². The molecule has 1 saturated heterocycles. The van der Waals surface area contributed by atoms with Crippen molar-refractivity contribution < 1.29 is 9.59 Å². The number of nitrogens with zero attached hydrogens (tertiary/aromatic N) is 2. The molecule has 1 aromatic heterocycles. The number of halogens is 1. The molecule has 2 aromatic carbocycles. The maximum Gasteiger partial charge on any atom is 0.256 e. The van der Waals surface area contributed by atoms with Gasteiger partial charge < -0.3 is 20.1 Å². The molecule has 168 valence electrons. The largest absolute Gasteiger partial charge is 0.358 e. The molecule has 0 bridgehead atoms. The van der Waals surface area contributed by atoms with Crippen molar-refractivity contribution in [2.75, 3.05) is 38.5 Å². The van der Waals surface area contributed by atoms with E-state index in [0.717, 1.165) is 41.2 Å². The quantitative estimate of drug-likeness (QED) is 0.564. The molecule has 0 aliphatic carbocycles. The molecule has 6 nitrogen and oxygen atoms in total. The Kier molecular flexibility index (Phi) is 5.56. The van der Waals surface area contributed by atoms with Crippen LogP contribution in [0.3, 0.4) is 0 Å². The highest BCUT2D eigenvalue weighted by Gasteiger charge is 2.29. The van der Waals surface area contributed by atoms with Gasteiger partial charge in [-0.1, -0.05) is 35.9 Å². The number of hydrogen-bond donors (Lipinski definition) is 2. The smallest absolute Gasteiger partial charge is 0.256 e. The van der Waals surface area contributed by atoms with Gasteiger partial charge in [0, 0.05) is 48.1 Å². The minimum Gasteiger partial charge on any atom is -0.358 e. The second-order valence-electron chi connectivity index (χ2n) is 8.63. The van der Waals surface area contributed by atoms with Crippen LogP contribution in [0.2, 0.25) is 5.02 Å². The summed E-state index contributed by atoms with van der Waals surface area (Å²) in [6.07, 6.45) is 1.80. The number of fused-ring (bicyclic) bond motifs is 1. The molecule has 7 heteroatoms. The summed E-state index contributed by atoms with van der Waals surface area (Å²) in [5, 5.41) is 3.59. The van der Waals surface area contributed by atoms with Gasteiger partial charge in [-0.25, -0.2) is 0 Å². The van der Waals surface area contributed by atoms with Gasteiger partial charge in [-0.3, -0.25) is 9.59 Å². The van der Waals surface area contributed by atoms with Crippen LogP contribution in [0, 0.1) is 6.92 Å². The molecule has 0 atom stereocenters. The van der Waals surface area contributed by atoms with E-state index in [1.54, 1.807) is 6.08 Å². The maximum atomic E-state index is 13.3. The number of aromatic amines is 1. The molecule has 5 rings (SSSR count). The van der Waals surface area contributed by atoms with Crippen LogP contribution in [0.25, 0.3) is 22.8 Å². The Morgan fingerprint density at radius 2 is 1.82 bits per heavy atom. The number of anilines is 1. The van der Waals surface area contributed by atoms with Gasteiger partial charge in [-0.15, -0.1) is 0 Å². The third kappa shape index (κ3) is 4.08. The first kappa shape index (κ1) is 21.5. The van der Waals surface area contributed by atoms with Crippen molar-refractivity contribution >= 4 is 40.8 Å². The number of hydrogen-bond acceptors (Lipinski definition) is 3. The lowest BCUT2D eigenvalue weighted by atomic mass is 9.94. The predicted octanol–water partition coefficient (Wildman–Crippen LogP) is 4.52. The first-order valence-corrected chi connectivity index (χ1v) is 11.4. The number of carbonyl (C=O) groups is 2. The van der Waals surface area contributed by atoms with Crippen LogP contribution in [0.15, 0.2) is 48.5 Å². The summed E-state index contributed by atoms with van der Waals surface area (Å²) in [5.74, 6) is -0.203. The summed E-state index contributed by atoms with van der Waals surface area (Å²) in [7, 11) is 2.06. The molecule has 0 unspecified atom stereocenters. The second-order valence-corrected chi connectivity index (χ2v) is 9.06. The Hall–Kier alpha value is -3.35. The molecule has 2 aliphatic rings. The van der Waals surface area contributed by atoms with E-state index in [0.29, 0.717) is 34.9 Å². The Morgan fingerprint density at radius 1 is 1.06 bits per heavy atom. The molecule has 3 heterocycles. The van der Waals surface area contributed by atoms with E-state index in [1.165, 1.54) is 0 Å². The van der Waals surface area contributed by atoms with Gasteiger partial charge in [0.05, 0.1) is 16.8 Å². The zero-order chi connectivity index (χ0) is 23.1. The number of carbonyl (C=O) groups excluding carboxylic acids is 2. The van der Waals surface area contributed by atoms with E-state index in [9.17, 15) is 9.59 Å². The first-order valence-electron chi connectivity index (χ1n) is 11.0. The van der Waals surface area contributed by atoms with Crippen molar-refractivity contribution in [3.05, 3.63) is 76.1 Å². The number of H-pyrrole nitrogens is 1. The number of rotatable bonds is 3. The summed E-state index contributed by atoms with van der Waals surface area (Å²) in [6, 6.07) is 15.2. The standard InChI is InChI=1S/C26H25ClN4O2/c1-16-13-20(26(33)31-11-9-30(2)10-12-31)23(28-16)15-21-24-19(17-5-3-6-18(27)14-17)7-4-8-22(24)29-25(21)32/h3-8,13-15,28H,9-12H2,1-2H3,(H,29,32)/b21-15-. The Bertz CT molecular complexity index is 1290. The number of nitrogens with one attached hydrogen (secondary N) is 2. The summed E-state index contributed by atoms with van der Waals surface area (Å²) >= 11 is 6.23. The fourth-order valence-electron chi connectivity index (χ4n) is 4.51. The van der Waals surface area contributed by atoms with Crippen molar-refractivity contribution in [2.24, 2.45) is 0 Å². The number of aromatic nitrogens is 1. The van der Waals surface area contributed by atoms with Gasteiger partial charge in [-0.2, -0.15) is 0 Å². The Morgan fingerprint density at radius 3 is 2.58 bits per heavy atom. The third-order valence-corrected chi connectivity index (χ3v) is 6.49. The van der Waals surface area contributed by atoms with Gasteiger partial charge in [0.25, 0.3) is 11.8 Å². The molecule has 0 radical (unpaired) electrons. The topological polar surface area (TPSA) is 68.4 Å². The first-order chi connectivity index (χ1) is 15.9. The summed E-state index contributed by atoms with van der Waals surface area (Å²) in [5.41, 5.74) is 6.04. The van der Waals surface area contributed by atoms with Crippen LogP contribution in [-0.4, -0.2) is 59.8 Å². The van der Waals surface area contributed by atoms with E-state index in [-0.39, 0.29) is 11.8 Å². The number of benzene rings is 2. The summed E-state index contributed by atoms with van der Waals surface area (Å²) in [4.78, 5) is 33.7. The highest BCUT2D eigenvalue weighted by atomic mass is 35.5. The van der Waals surface area contributed by atoms with Gasteiger partial charge in [0.2, 0.25) is 0 Å². The van der Waals surface area contributed by atoms with Gasteiger partial charge in [-0.05, 0) is 55.4 Å². The van der Waals surface area contributed by atoms with E-state index < -0.39 is 0 Å². The van der Waals surface area contributed by atoms with Crippen LogP contribution in [0.4, 0.5) is 5.69 Å². The highest BCUT2D eigenvalue weighted by molar-refractivity contribution is 6.36. The lowest BCUT2D eigenvalue weighted by molar-refractivity contribution is -0.110. The van der Waals surface area contributed by atoms with E-state index in [4.69, 9.17) is 11.6 Å². The number of amides is 2. The molecule has 33 heavy (non-hydrogen) atoms. The lowest BCUT2D eigenvalue weighted by Crippen LogP contribution is -2.47. The van der Waals surface area contributed by atoms with Crippen molar-refractivity contribution in [1.29, 1.82) is 0 Å².